The van der Waals surface area contributed by atoms with Crippen LogP contribution in [0.4, 0.5) is 0 Å². The van der Waals surface area contributed by atoms with E-state index in [-0.39, 0.29) is 0 Å². The standard InChI is InChI=1S/C17H35N3O/c1-16(2)20-7-5-17(3,6-8-20)15-19-11-9-18(10-12-19)13-14-21-4/h16H,5-15H2,1-4H3. The summed E-state index contributed by atoms with van der Waals surface area (Å²) in [5.74, 6) is 0. The van der Waals surface area contributed by atoms with Crippen molar-refractivity contribution >= 4 is 0 Å². The zero-order chi connectivity index (χ0) is 15.3. The van der Waals surface area contributed by atoms with Crippen LogP contribution >= 0.6 is 0 Å². The highest BCUT2D eigenvalue weighted by Gasteiger charge is 2.33. The molecule has 0 radical (unpaired) electrons. The quantitative estimate of drug-likeness (QED) is 0.743. The van der Waals surface area contributed by atoms with Crippen molar-refractivity contribution in [3.05, 3.63) is 0 Å². The van der Waals surface area contributed by atoms with Crippen LogP contribution in [0.1, 0.15) is 33.6 Å². The normalized spacial score (nSPS) is 25.6. The zero-order valence-electron chi connectivity index (χ0n) is 14.6. The molecule has 2 rings (SSSR count). The molecule has 0 N–H and O–H groups in total. The first kappa shape index (κ1) is 17.2. The van der Waals surface area contributed by atoms with E-state index in [1.165, 1.54) is 58.7 Å². The minimum absolute atomic E-state index is 0.528. The maximum absolute atomic E-state index is 5.18. The molecule has 2 fully saturated rings. The average molecular weight is 297 g/mol. The Labute approximate surface area is 131 Å². The van der Waals surface area contributed by atoms with Gasteiger partial charge in [0.2, 0.25) is 0 Å². The van der Waals surface area contributed by atoms with Crippen LogP contribution in [-0.4, -0.2) is 86.8 Å². The molecule has 4 nitrogen and oxygen atoms in total. The van der Waals surface area contributed by atoms with Crippen LogP contribution < -0.4 is 0 Å². The van der Waals surface area contributed by atoms with Gasteiger partial charge >= 0.3 is 0 Å². The van der Waals surface area contributed by atoms with Crippen molar-refractivity contribution in [2.45, 2.75) is 39.7 Å². The first-order valence-electron chi connectivity index (χ1n) is 8.70. The van der Waals surface area contributed by atoms with E-state index in [9.17, 15) is 0 Å². The van der Waals surface area contributed by atoms with Crippen molar-refractivity contribution in [2.75, 3.05) is 66.1 Å². The fourth-order valence-electron chi connectivity index (χ4n) is 3.67. The first-order chi connectivity index (χ1) is 10.0. The monoisotopic (exact) mass is 297 g/mol. The van der Waals surface area contributed by atoms with E-state index in [4.69, 9.17) is 4.74 Å². The van der Waals surface area contributed by atoms with Gasteiger partial charge in [0.1, 0.15) is 0 Å². The molecule has 0 saturated carbocycles. The van der Waals surface area contributed by atoms with Gasteiger partial charge in [0.25, 0.3) is 0 Å². The molecule has 2 heterocycles. The van der Waals surface area contributed by atoms with Gasteiger partial charge in [-0.05, 0) is 45.2 Å². The van der Waals surface area contributed by atoms with Crippen LogP contribution in [0.5, 0.6) is 0 Å². The van der Waals surface area contributed by atoms with E-state index in [1.54, 1.807) is 7.11 Å². The van der Waals surface area contributed by atoms with Gasteiger partial charge in [-0.3, -0.25) is 4.90 Å². The molecule has 4 heteroatoms. The Bertz CT molecular complexity index is 292. The molecule has 0 amide bonds. The van der Waals surface area contributed by atoms with E-state index in [0.717, 1.165) is 13.2 Å². The first-order valence-corrected chi connectivity index (χ1v) is 8.70. The minimum atomic E-state index is 0.528. The predicted molar refractivity (Wildman–Crippen MR) is 88.8 cm³/mol. The van der Waals surface area contributed by atoms with Crippen molar-refractivity contribution in [3.8, 4) is 0 Å². The largest absolute Gasteiger partial charge is 0.383 e. The second-order valence-corrected chi connectivity index (χ2v) is 7.55. The lowest BCUT2D eigenvalue weighted by atomic mass is 9.79. The van der Waals surface area contributed by atoms with E-state index in [2.05, 4.69) is 35.5 Å². The summed E-state index contributed by atoms with van der Waals surface area (Å²) in [5, 5.41) is 0. The van der Waals surface area contributed by atoms with Gasteiger partial charge in [0.15, 0.2) is 0 Å². The van der Waals surface area contributed by atoms with Crippen molar-refractivity contribution in [2.24, 2.45) is 5.41 Å². The van der Waals surface area contributed by atoms with Crippen molar-refractivity contribution < 1.29 is 4.74 Å². The molecule has 2 aliphatic heterocycles. The SMILES string of the molecule is COCCN1CCN(CC2(C)CCN(C(C)C)CC2)CC1. The topological polar surface area (TPSA) is 19.0 Å². The molecule has 0 aromatic carbocycles. The lowest BCUT2D eigenvalue weighted by Crippen LogP contribution is -2.52. The van der Waals surface area contributed by atoms with Gasteiger partial charge in [0, 0.05) is 52.4 Å². The van der Waals surface area contributed by atoms with Crippen LogP contribution in [0.3, 0.4) is 0 Å². The Morgan fingerprint density at radius 2 is 1.52 bits per heavy atom. The third kappa shape index (κ3) is 5.20. The Morgan fingerprint density at radius 3 is 2.05 bits per heavy atom. The molecule has 0 aromatic rings. The summed E-state index contributed by atoms with van der Waals surface area (Å²) in [6.07, 6.45) is 2.71. The van der Waals surface area contributed by atoms with Crippen LogP contribution in [0.15, 0.2) is 0 Å². The average Bonchev–Trinajstić information content (AvgIpc) is 2.47. The third-order valence-corrected chi connectivity index (χ3v) is 5.42. The van der Waals surface area contributed by atoms with E-state index in [0.29, 0.717) is 11.5 Å². The van der Waals surface area contributed by atoms with Gasteiger partial charge < -0.3 is 14.5 Å². The molecule has 124 valence electrons. The fraction of sp³-hybridized carbons (Fsp3) is 1.00. The molecule has 21 heavy (non-hydrogen) atoms. The molecular weight excluding hydrogens is 262 g/mol. The molecule has 0 bridgehead atoms. The van der Waals surface area contributed by atoms with Crippen LogP contribution in [0.2, 0.25) is 0 Å². The van der Waals surface area contributed by atoms with E-state index >= 15 is 0 Å². The highest BCUT2D eigenvalue weighted by atomic mass is 16.5. The molecule has 0 atom stereocenters. The molecule has 0 aromatic heterocycles. The van der Waals surface area contributed by atoms with Crippen LogP contribution in [-0.2, 0) is 4.74 Å². The molecule has 0 spiro atoms. The van der Waals surface area contributed by atoms with Crippen LogP contribution in [0.25, 0.3) is 0 Å². The van der Waals surface area contributed by atoms with Gasteiger partial charge in [-0.2, -0.15) is 0 Å². The lowest BCUT2D eigenvalue weighted by molar-refractivity contribution is 0.0356. The summed E-state index contributed by atoms with van der Waals surface area (Å²) < 4.78 is 5.18. The number of hydrogen-bond donors (Lipinski definition) is 0. The van der Waals surface area contributed by atoms with Gasteiger partial charge in [0.05, 0.1) is 6.61 Å². The van der Waals surface area contributed by atoms with Gasteiger partial charge in [-0.15, -0.1) is 0 Å². The van der Waals surface area contributed by atoms with Crippen molar-refractivity contribution in [3.63, 3.8) is 0 Å². The Morgan fingerprint density at radius 1 is 0.952 bits per heavy atom. The number of ether oxygens (including phenoxy) is 1. The summed E-state index contributed by atoms with van der Waals surface area (Å²) in [4.78, 5) is 7.85. The smallest absolute Gasteiger partial charge is 0.0589 e. The predicted octanol–water partition coefficient (Wildman–Crippen LogP) is 1.76. The number of hydrogen-bond acceptors (Lipinski definition) is 4. The number of likely N-dealkylation sites (tertiary alicyclic amines) is 1. The second-order valence-electron chi connectivity index (χ2n) is 7.55. The Kier molecular flexibility index (Phi) is 6.48. The molecule has 0 aliphatic carbocycles. The maximum Gasteiger partial charge on any atom is 0.0589 e. The second kappa shape index (κ2) is 7.91. The van der Waals surface area contributed by atoms with E-state index < -0.39 is 0 Å². The summed E-state index contributed by atoms with van der Waals surface area (Å²) >= 11 is 0. The number of nitrogens with zero attached hydrogens (tertiary/aromatic N) is 3. The van der Waals surface area contributed by atoms with Gasteiger partial charge in [-0.1, -0.05) is 6.92 Å². The van der Waals surface area contributed by atoms with Gasteiger partial charge in [-0.25, -0.2) is 0 Å². The zero-order valence-corrected chi connectivity index (χ0v) is 14.6. The highest BCUT2D eigenvalue weighted by molar-refractivity contribution is 4.87. The van der Waals surface area contributed by atoms with Crippen molar-refractivity contribution in [1.82, 2.24) is 14.7 Å². The Hall–Kier alpha value is -0.160. The highest BCUT2D eigenvalue weighted by Crippen LogP contribution is 2.32. The summed E-state index contributed by atoms with van der Waals surface area (Å²) in [6.45, 7) is 17.8. The summed E-state index contributed by atoms with van der Waals surface area (Å²) in [5.41, 5.74) is 0.528. The number of methoxy groups -OCH3 is 1. The lowest BCUT2D eigenvalue weighted by Gasteiger charge is -2.45. The molecule has 2 saturated heterocycles. The number of piperidine rings is 1. The minimum Gasteiger partial charge on any atom is -0.383 e. The summed E-state index contributed by atoms with van der Waals surface area (Å²) in [7, 11) is 1.79. The van der Waals surface area contributed by atoms with Crippen molar-refractivity contribution in [1.29, 1.82) is 0 Å². The molecular formula is C17H35N3O. The number of rotatable bonds is 6. The maximum atomic E-state index is 5.18. The number of piperazine rings is 1. The third-order valence-electron chi connectivity index (χ3n) is 5.42. The molecule has 0 unspecified atom stereocenters. The molecule has 2 aliphatic rings. The summed E-state index contributed by atoms with van der Waals surface area (Å²) in [6, 6.07) is 0.707. The fourth-order valence-corrected chi connectivity index (χ4v) is 3.67. The Balaban J connectivity index is 1.71. The van der Waals surface area contributed by atoms with Crippen LogP contribution in [0, 0.1) is 5.41 Å². The van der Waals surface area contributed by atoms with E-state index in [1.807, 2.05) is 0 Å².